The van der Waals surface area contributed by atoms with Crippen LogP contribution >= 0.6 is 0 Å². The van der Waals surface area contributed by atoms with Crippen molar-refractivity contribution in [1.82, 2.24) is 10.6 Å². The maximum atomic E-state index is 13.4. The average molecular weight is 316 g/mol. The number of hydrogen-bond donors (Lipinski definition) is 3. The van der Waals surface area contributed by atoms with Gasteiger partial charge in [-0.2, -0.15) is 0 Å². The van der Waals surface area contributed by atoms with Gasteiger partial charge in [-0.1, -0.05) is 42.5 Å². The van der Waals surface area contributed by atoms with Gasteiger partial charge in [0.1, 0.15) is 5.82 Å². The predicted octanol–water partition coefficient (Wildman–Crippen LogP) is 2.40. The van der Waals surface area contributed by atoms with Crippen LogP contribution in [0, 0.1) is 5.82 Å². The molecule has 0 saturated heterocycles. The van der Waals surface area contributed by atoms with Crippen molar-refractivity contribution in [3.05, 3.63) is 71.0 Å². The molecule has 0 heterocycles. The first-order chi connectivity index (χ1) is 11.2. The largest absolute Gasteiger partial charge is 0.392 e. The van der Waals surface area contributed by atoms with Gasteiger partial charge in [-0.3, -0.25) is 0 Å². The maximum absolute atomic E-state index is 13.4. The van der Waals surface area contributed by atoms with E-state index in [1.165, 1.54) is 6.07 Å². The zero-order valence-corrected chi connectivity index (χ0v) is 12.9. The van der Waals surface area contributed by atoms with Crippen LogP contribution in [0.4, 0.5) is 9.18 Å². The highest BCUT2D eigenvalue weighted by Gasteiger charge is 2.03. The molecule has 0 aromatic heterocycles. The minimum atomic E-state index is -0.256. The minimum Gasteiger partial charge on any atom is -0.392 e. The predicted molar refractivity (Wildman–Crippen MR) is 87.6 cm³/mol. The SMILES string of the molecule is O=C(NCCc1ccc(CO)cc1)NCCc1ccccc1F. The quantitative estimate of drug-likeness (QED) is 0.734. The molecule has 2 aromatic rings. The topological polar surface area (TPSA) is 61.4 Å². The molecule has 0 saturated carbocycles. The fourth-order valence-electron chi connectivity index (χ4n) is 2.21. The zero-order valence-electron chi connectivity index (χ0n) is 12.9. The Morgan fingerprint density at radius 2 is 1.52 bits per heavy atom. The first kappa shape index (κ1) is 17.0. The van der Waals surface area contributed by atoms with E-state index in [9.17, 15) is 9.18 Å². The molecule has 0 aliphatic carbocycles. The molecule has 2 rings (SSSR count). The van der Waals surface area contributed by atoms with E-state index in [0.717, 1.165) is 11.1 Å². The Labute approximate surface area is 135 Å². The molecule has 0 bridgehead atoms. The van der Waals surface area contributed by atoms with Crippen LogP contribution in [0.3, 0.4) is 0 Å². The Morgan fingerprint density at radius 3 is 2.17 bits per heavy atom. The number of amides is 2. The summed E-state index contributed by atoms with van der Waals surface area (Å²) in [6, 6.07) is 13.9. The molecule has 0 fully saturated rings. The van der Waals surface area contributed by atoms with Gasteiger partial charge in [0.25, 0.3) is 0 Å². The highest BCUT2D eigenvalue weighted by atomic mass is 19.1. The van der Waals surface area contributed by atoms with Crippen molar-refractivity contribution < 1.29 is 14.3 Å². The smallest absolute Gasteiger partial charge is 0.314 e. The van der Waals surface area contributed by atoms with E-state index < -0.39 is 0 Å². The molecule has 2 aromatic carbocycles. The lowest BCUT2D eigenvalue weighted by Gasteiger charge is -2.08. The number of aliphatic hydroxyl groups is 1. The molecular formula is C18H21FN2O2. The fraction of sp³-hybridized carbons (Fsp3) is 0.278. The Balaban J connectivity index is 1.64. The van der Waals surface area contributed by atoms with Gasteiger partial charge in [0, 0.05) is 13.1 Å². The fourth-order valence-corrected chi connectivity index (χ4v) is 2.21. The van der Waals surface area contributed by atoms with Crippen molar-refractivity contribution in [2.24, 2.45) is 0 Å². The molecule has 23 heavy (non-hydrogen) atoms. The van der Waals surface area contributed by atoms with E-state index in [4.69, 9.17) is 5.11 Å². The van der Waals surface area contributed by atoms with E-state index in [2.05, 4.69) is 10.6 Å². The van der Waals surface area contributed by atoms with Gasteiger partial charge < -0.3 is 15.7 Å². The normalized spacial score (nSPS) is 10.3. The monoisotopic (exact) mass is 316 g/mol. The Hall–Kier alpha value is -2.40. The molecule has 122 valence electrons. The van der Waals surface area contributed by atoms with Crippen LogP contribution in [0.5, 0.6) is 0 Å². The van der Waals surface area contributed by atoms with Gasteiger partial charge in [0.2, 0.25) is 0 Å². The van der Waals surface area contributed by atoms with Crippen molar-refractivity contribution >= 4 is 6.03 Å². The maximum Gasteiger partial charge on any atom is 0.314 e. The lowest BCUT2D eigenvalue weighted by atomic mass is 10.1. The molecule has 5 heteroatoms. The lowest BCUT2D eigenvalue weighted by molar-refractivity contribution is 0.241. The summed E-state index contributed by atoms with van der Waals surface area (Å²) in [6.45, 7) is 0.935. The third-order valence-corrected chi connectivity index (χ3v) is 3.54. The van der Waals surface area contributed by atoms with E-state index in [1.54, 1.807) is 18.2 Å². The number of carbonyl (C=O) groups excluding carboxylic acids is 1. The van der Waals surface area contributed by atoms with E-state index in [-0.39, 0.29) is 18.5 Å². The molecule has 0 radical (unpaired) electrons. The van der Waals surface area contributed by atoms with Gasteiger partial charge in [0.15, 0.2) is 0 Å². The number of nitrogens with one attached hydrogen (secondary N) is 2. The first-order valence-corrected chi connectivity index (χ1v) is 7.63. The van der Waals surface area contributed by atoms with Gasteiger partial charge >= 0.3 is 6.03 Å². The van der Waals surface area contributed by atoms with E-state index in [0.29, 0.717) is 31.5 Å². The summed E-state index contributed by atoms with van der Waals surface area (Å²) in [5, 5.41) is 14.5. The number of aliphatic hydroxyl groups excluding tert-OH is 1. The van der Waals surface area contributed by atoms with Crippen molar-refractivity contribution in [2.75, 3.05) is 13.1 Å². The summed E-state index contributed by atoms with van der Waals surface area (Å²) in [6.07, 6.45) is 1.18. The number of benzene rings is 2. The molecular weight excluding hydrogens is 295 g/mol. The highest BCUT2D eigenvalue weighted by Crippen LogP contribution is 2.06. The molecule has 0 aliphatic heterocycles. The van der Waals surface area contributed by atoms with E-state index >= 15 is 0 Å². The average Bonchev–Trinajstić information content (AvgIpc) is 2.57. The van der Waals surface area contributed by atoms with Crippen LogP contribution in [0.25, 0.3) is 0 Å². The number of hydrogen-bond acceptors (Lipinski definition) is 2. The first-order valence-electron chi connectivity index (χ1n) is 7.63. The Morgan fingerprint density at radius 1 is 0.913 bits per heavy atom. The van der Waals surface area contributed by atoms with E-state index in [1.807, 2.05) is 24.3 Å². The summed E-state index contributed by atoms with van der Waals surface area (Å²) in [4.78, 5) is 11.7. The molecule has 0 aliphatic rings. The molecule has 0 spiro atoms. The van der Waals surface area contributed by atoms with Crippen LogP contribution in [0.2, 0.25) is 0 Å². The van der Waals surface area contributed by atoms with Gasteiger partial charge in [-0.05, 0) is 35.6 Å². The molecule has 0 unspecified atom stereocenters. The number of halogens is 1. The summed E-state index contributed by atoms with van der Waals surface area (Å²) in [5.41, 5.74) is 2.55. The third-order valence-electron chi connectivity index (χ3n) is 3.54. The van der Waals surface area contributed by atoms with Crippen LogP contribution < -0.4 is 10.6 Å². The highest BCUT2D eigenvalue weighted by molar-refractivity contribution is 5.73. The minimum absolute atomic E-state index is 0.0307. The second-order valence-corrected chi connectivity index (χ2v) is 5.25. The Kier molecular flexibility index (Phi) is 6.56. The van der Waals surface area contributed by atoms with Crippen LogP contribution in [-0.4, -0.2) is 24.2 Å². The van der Waals surface area contributed by atoms with Crippen molar-refractivity contribution in [3.63, 3.8) is 0 Å². The van der Waals surface area contributed by atoms with Crippen molar-refractivity contribution in [1.29, 1.82) is 0 Å². The Bertz CT molecular complexity index is 629. The second-order valence-electron chi connectivity index (χ2n) is 5.25. The number of urea groups is 1. The van der Waals surface area contributed by atoms with Crippen LogP contribution in [-0.2, 0) is 19.4 Å². The summed E-state index contributed by atoms with van der Waals surface area (Å²) < 4.78 is 13.4. The molecule has 3 N–H and O–H groups in total. The standard InChI is InChI=1S/C18H21FN2O2/c19-17-4-2-1-3-16(17)10-12-21-18(23)20-11-9-14-5-7-15(13-22)8-6-14/h1-8,22H,9-13H2,(H2,20,21,23). The number of rotatable bonds is 7. The third kappa shape index (κ3) is 5.71. The molecule has 2 amide bonds. The summed E-state index contributed by atoms with van der Waals surface area (Å²) in [5.74, 6) is -0.249. The second kappa shape index (κ2) is 8.90. The van der Waals surface area contributed by atoms with Crippen molar-refractivity contribution in [2.45, 2.75) is 19.4 Å². The van der Waals surface area contributed by atoms with Gasteiger partial charge in [0.05, 0.1) is 6.61 Å². The van der Waals surface area contributed by atoms with Gasteiger partial charge in [-0.15, -0.1) is 0 Å². The molecule has 4 nitrogen and oxygen atoms in total. The summed E-state index contributed by atoms with van der Waals surface area (Å²) in [7, 11) is 0. The van der Waals surface area contributed by atoms with Gasteiger partial charge in [-0.25, -0.2) is 9.18 Å². The lowest BCUT2D eigenvalue weighted by Crippen LogP contribution is -2.37. The van der Waals surface area contributed by atoms with Crippen LogP contribution in [0.1, 0.15) is 16.7 Å². The summed E-state index contributed by atoms with van der Waals surface area (Å²) >= 11 is 0. The zero-order chi connectivity index (χ0) is 16.5. The number of carbonyl (C=O) groups is 1. The van der Waals surface area contributed by atoms with Crippen molar-refractivity contribution in [3.8, 4) is 0 Å². The molecule has 0 atom stereocenters. The van der Waals surface area contributed by atoms with Crippen LogP contribution in [0.15, 0.2) is 48.5 Å².